The van der Waals surface area contributed by atoms with Gasteiger partial charge in [0.05, 0.1) is 97.0 Å². The number of likely N-dealkylation sites (N-methyl/N-ethyl adjacent to an activating group) is 1. The number of aryl methyl sites for hydroxylation is 1. The van der Waals surface area contributed by atoms with Gasteiger partial charge in [0, 0.05) is 63.9 Å². The van der Waals surface area contributed by atoms with Crippen LogP contribution in [0.2, 0.25) is 5.02 Å². The van der Waals surface area contributed by atoms with E-state index in [1.807, 2.05) is 31.9 Å². The van der Waals surface area contributed by atoms with Crippen molar-refractivity contribution < 1.29 is 41.3 Å². The van der Waals surface area contributed by atoms with Gasteiger partial charge in [-0.2, -0.15) is 4.98 Å². The number of carbonyl (C=O) groups is 2. The molecule has 8 rings (SSSR count). The molecule has 0 spiro atoms. The molecule has 0 unspecified atom stereocenters. The summed E-state index contributed by atoms with van der Waals surface area (Å²) in [7, 11) is 0.137. The molecule has 0 saturated carbocycles. The number of methoxy groups -OCH3 is 1. The minimum Gasteiger partial charge on any atom is -0.489 e. The van der Waals surface area contributed by atoms with E-state index in [-0.39, 0.29) is 75.4 Å². The summed E-state index contributed by atoms with van der Waals surface area (Å²) in [6, 6.07) is 19.8. The van der Waals surface area contributed by atoms with Gasteiger partial charge in [-0.25, -0.2) is 17.8 Å². The van der Waals surface area contributed by atoms with Crippen molar-refractivity contribution in [2.24, 2.45) is 0 Å². The van der Waals surface area contributed by atoms with Crippen LogP contribution in [0.25, 0.3) is 0 Å². The van der Waals surface area contributed by atoms with E-state index >= 15 is 0 Å². The lowest BCUT2D eigenvalue weighted by Crippen LogP contribution is -2.59. The molecule has 0 aliphatic carbocycles. The molecule has 3 aromatic carbocycles. The summed E-state index contributed by atoms with van der Waals surface area (Å²) in [4.78, 5) is 50.3. The zero-order chi connectivity index (χ0) is 61.0. The standard InChI is InChI=1S/C63H87ClFN11O8S/c1-41(2)84-56-32-50(43(5)29-53(56)71-62-68-34-51(64)61(72-62)70-52-13-11-12-14-57(52)85(79,80)42(3)4)46-19-22-74(23-20-46)37-58(77)66-21-25-82-27-28-83-26-24-73(9)36-54-47(30-45-15-17-48(65)18-16-45)31-55-60(69-54)63(7,8)40-76(55)59(78)38-75-35-44(6)67-33-49(75)39-81-10/h11-18,29,31-32,34,41-42,44,46,49,67H,19-28,30,33,35-40H2,1-10H3,(H,66,77)(H2,68,70,71,72)/t44-,49-/m1/s1. The highest BCUT2D eigenvalue weighted by Gasteiger charge is 2.41. The number of amides is 2. The van der Waals surface area contributed by atoms with Crippen LogP contribution < -0.4 is 30.9 Å². The summed E-state index contributed by atoms with van der Waals surface area (Å²) in [5.74, 6) is 1.12. The number of carbonyl (C=O) groups excluding carboxylic acids is 2. The number of piperidine rings is 1. The molecule has 462 valence electrons. The van der Waals surface area contributed by atoms with Crippen molar-refractivity contribution in [1.82, 2.24) is 40.3 Å². The van der Waals surface area contributed by atoms with Gasteiger partial charge in [0.2, 0.25) is 17.8 Å². The molecule has 3 aliphatic heterocycles. The fraction of sp³-hybridized carbons (Fsp3) is 0.540. The van der Waals surface area contributed by atoms with Gasteiger partial charge >= 0.3 is 0 Å². The van der Waals surface area contributed by atoms with Crippen molar-refractivity contribution in [3.05, 3.63) is 117 Å². The zero-order valence-electron chi connectivity index (χ0n) is 51.1. The molecule has 5 aromatic rings. The van der Waals surface area contributed by atoms with Gasteiger partial charge in [-0.05, 0) is 152 Å². The summed E-state index contributed by atoms with van der Waals surface area (Å²) in [6.45, 7) is 23.7. The minimum atomic E-state index is -3.60. The third kappa shape index (κ3) is 17.4. The Morgan fingerprint density at radius 2 is 1.67 bits per heavy atom. The first-order chi connectivity index (χ1) is 40.6. The van der Waals surface area contributed by atoms with Crippen LogP contribution in [0.1, 0.15) is 101 Å². The van der Waals surface area contributed by atoms with Gasteiger partial charge in [-0.1, -0.05) is 49.7 Å². The molecule has 3 aliphatic rings. The number of piperazine rings is 1. The van der Waals surface area contributed by atoms with Crippen molar-refractivity contribution >= 4 is 62.1 Å². The second-order valence-corrected chi connectivity index (χ2v) is 26.8. The molecule has 19 nitrogen and oxygen atoms in total. The molecule has 0 radical (unpaired) electrons. The van der Waals surface area contributed by atoms with E-state index in [0.29, 0.717) is 89.3 Å². The number of aromatic nitrogens is 3. The predicted octanol–water partition coefficient (Wildman–Crippen LogP) is 8.41. The molecule has 5 heterocycles. The van der Waals surface area contributed by atoms with Crippen LogP contribution in [0.15, 0.2) is 77.8 Å². The zero-order valence-corrected chi connectivity index (χ0v) is 52.7. The van der Waals surface area contributed by atoms with Crippen LogP contribution in [-0.4, -0.2) is 179 Å². The first-order valence-corrected chi connectivity index (χ1v) is 31.6. The summed E-state index contributed by atoms with van der Waals surface area (Å²) < 4.78 is 63.9. The fourth-order valence-corrected chi connectivity index (χ4v) is 12.6. The van der Waals surface area contributed by atoms with Crippen LogP contribution in [0.5, 0.6) is 5.75 Å². The van der Waals surface area contributed by atoms with Crippen molar-refractivity contribution in [1.29, 1.82) is 0 Å². The smallest absolute Gasteiger partial charge is 0.241 e. The monoisotopic (exact) mass is 1210 g/mol. The Kier molecular flexibility index (Phi) is 22.7. The molecular weight excluding hydrogens is 1130 g/mol. The number of nitrogens with zero attached hydrogens (tertiary/aromatic N) is 7. The Morgan fingerprint density at radius 3 is 2.39 bits per heavy atom. The van der Waals surface area contributed by atoms with E-state index < -0.39 is 15.1 Å². The fourth-order valence-electron chi connectivity index (χ4n) is 11.2. The minimum absolute atomic E-state index is 0.0399. The van der Waals surface area contributed by atoms with E-state index in [0.717, 1.165) is 72.8 Å². The average Bonchev–Trinajstić information content (AvgIpc) is 1.86. The second kappa shape index (κ2) is 29.7. The number of fused-ring (bicyclic) bond motifs is 1. The number of likely N-dealkylation sites (tertiary alicyclic amines) is 1. The number of halogens is 2. The third-order valence-electron chi connectivity index (χ3n) is 15.9. The topological polar surface area (TPSA) is 205 Å². The SMILES string of the molecule is COC[C@H]1CN[C@H](C)CN1CC(=O)N1CC(C)(C)c2nc(CN(C)CCOCCOCCNC(=O)CN3CCC(c4cc(OC(C)C)c(Nc5ncc(Cl)c(Nc6ccccc6S(=O)(=O)C(C)C)n5)cc4C)CC3)c(Cc3ccc(F)cc3)cc21. The second-order valence-electron chi connectivity index (χ2n) is 23.9. The largest absolute Gasteiger partial charge is 0.489 e. The molecular formula is C63H87ClFN11O8S. The maximum absolute atomic E-state index is 14.2. The molecule has 85 heavy (non-hydrogen) atoms. The highest BCUT2D eigenvalue weighted by Crippen LogP contribution is 2.42. The average molecular weight is 1210 g/mol. The highest BCUT2D eigenvalue weighted by atomic mass is 35.5. The summed E-state index contributed by atoms with van der Waals surface area (Å²) in [5, 5.41) is 12.6. The Hall–Kier alpha value is -5.88. The van der Waals surface area contributed by atoms with Gasteiger partial charge in [0.25, 0.3) is 0 Å². The van der Waals surface area contributed by atoms with Crippen LogP contribution in [0, 0.1) is 12.7 Å². The van der Waals surface area contributed by atoms with E-state index in [4.69, 9.17) is 35.5 Å². The predicted molar refractivity (Wildman–Crippen MR) is 332 cm³/mol. The first-order valence-electron chi connectivity index (χ1n) is 29.7. The van der Waals surface area contributed by atoms with E-state index in [9.17, 15) is 22.4 Å². The summed E-state index contributed by atoms with van der Waals surface area (Å²) >= 11 is 6.54. The lowest BCUT2D eigenvalue weighted by atomic mass is 9.86. The maximum atomic E-state index is 14.2. The van der Waals surface area contributed by atoms with Gasteiger partial charge in [0.15, 0.2) is 15.7 Å². The Balaban J connectivity index is 0.762. The number of rotatable bonds is 28. The number of nitrogens with one attached hydrogen (secondary N) is 4. The molecule has 2 atom stereocenters. The van der Waals surface area contributed by atoms with E-state index in [1.54, 1.807) is 57.4 Å². The highest BCUT2D eigenvalue weighted by molar-refractivity contribution is 7.92. The van der Waals surface area contributed by atoms with E-state index in [1.165, 1.54) is 23.9 Å². The molecule has 4 N–H and O–H groups in total. The lowest BCUT2D eigenvalue weighted by Gasteiger charge is -2.39. The number of benzene rings is 3. The van der Waals surface area contributed by atoms with Crippen LogP contribution >= 0.6 is 11.6 Å². The summed E-state index contributed by atoms with van der Waals surface area (Å²) in [6.07, 6.45) is 3.64. The normalized spacial score (nSPS) is 17.7. The number of anilines is 5. The van der Waals surface area contributed by atoms with Crippen LogP contribution in [-0.2, 0) is 52.0 Å². The Morgan fingerprint density at radius 1 is 0.941 bits per heavy atom. The summed E-state index contributed by atoms with van der Waals surface area (Å²) in [5.41, 5.74) is 7.54. The van der Waals surface area contributed by atoms with Gasteiger partial charge < -0.3 is 45.1 Å². The number of hydrogen-bond donors (Lipinski definition) is 4. The van der Waals surface area contributed by atoms with Crippen LogP contribution in [0.4, 0.5) is 33.2 Å². The molecule has 2 amide bonds. The number of ether oxygens (including phenoxy) is 4. The third-order valence-corrected chi connectivity index (χ3v) is 18.3. The van der Waals surface area contributed by atoms with E-state index in [2.05, 4.69) is 85.8 Å². The maximum Gasteiger partial charge on any atom is 0.241 e. The molecule has 22 heteroatoms. The van der Waals surface area contributed by atoms with Crippen molar-refractivity contribution in [3.63, 3.8) is 0 Å². The first kappa shape index (κ1) is 65.1. The van der Waals surface area contributed by atoms with Crippen LogP contribution in [0.3, 0.4) is 0 Å². The number of para-hydroxylation sites is 1. The molecule has 2 saturated heterocycles. The lowest BCUT2D eigenvalue weighted by molar-refractivity contribution is -0.123. The Labute approximate surface area is 507 Å². The molecule has 2 fully saturated rings. The van der Waals surface area contributed by atoms with Gasteiger partial charge in [-0.15, -0.1) is 0 Å². The number of sulfone groups is 1. The molecule has 0 bridgehead atoms. The quantitative estimate of drug-likeness (QED) is 0.0347. The van der Waals surface area contributed by atoms with Crippen molar-refractivity contribution in [3.8, 4) is 5.75 Å². The number of pyridine rings is 1. The van der Waals surface area contributed by atoms with Gasteiger partial charge in [-0.3, -0.25) is 29.3 Å². The Bertz CT molecular complexity index is 3180. The van der Waals surface area contributed by atoms with Gasteiger partial charge in [0.1, 0.15) is 16.6 Å². The molecule has 2 aromatic heterocycles. The van der Waals surface area contributed by atoms with Crippen molar-refractivity contribution in [2.45, 2.75) is 121 Å². The van der Waals surface area contributed by atoms with Crippen molar-refractivity contribution in [2.75, 3.05) is 122 Å². The number of hydrogen-bond acceptors (Lipinski definition) is 17.